The normalized spacial score (nSPS) is 18.7. The molecule has 1 aliphatic heterocycles. The predicted octanol–water partition coefficient (Wildman–Crippen LogP) is 3.09. The van der Waals surface area contributed by atoms with Gasteiger partial charge in [-0.25, -0.2) is 0 Å². The Hall–Kier alpha value is -1.23. The molecule has 1 fully saturated rings. The predicted molar refractivity (Wildman–Crippen MR) is 69.8 cm³/mol. The number of nitrogen functional groups attached to an aromatic ring is 1. The number of halogens is 3. The Kier molecular flexibility index (Phi) is 4.34. The minimum absolute atomic E-state index is 0.223. The summed E-state index contributed by atoms with van der Waals surface area (Å²) in [6.07, 6.45) is -2.75. The minimum atomic E-state index is -4.03. The van der Waals surface area contributed by atoms with Gasteiger partial charge in [0.15, 0.2) is 0 Å². The van der Waals surface area contributed by atoms with E-state index >= 15 is 0 Å². The van der Waals surface area contributed by atoms with Crippen molar-refractivity contribution in [2.45, 2.75) is 25.4 Å². The summed E-state index contributed by atoms with van der Waals surface area (Å²) in [4.78, 5) is 2.10. The topological polar surface area (TPSA) is 29.3 Å². The van der Waals surface area contributed by atoms with Gasteiger partial charge in [0, 0.05) is 12.2 Å². The fourth-order valence-corrected chi connectivity index (χ4v) is 2.52. The highest BCUT2D eigenvalue weighted by Crippen LogP contribution is 2.34. The summed E-state index contributed by atoms with van der Waals surface area (Å²) in [6, 6.07) is 7.65. The van der Waals surface area contributed by atoms with Crippen LogP contribution < -0.4 is 5.73 Å². The highest BCUT2D eigenvalue weighted by molar-refractivity contribution is 5.40. The van der Waals surface area contributed by atoms with Gasteiger partial charge < -0.3 is 10.6 Å². The summed E-state index contributed by atoms with van der Waals surface area (Å²) in [5, 5.41) is 0. The van der Waals surface area contributed by atoms with Crippen molar-refractivity contribution in [3.63, 3.8) is 0 Å². The summed E-state index contributed by atoms with van der Waals surface area (Å²) in [5.74, 6) is -1.11. The van der Waals surface area contributed by atoms with Gasteiger partial charge in [-0.1, -0.05) is 12.1 Å². The Morgan fingerprint density at radius 2 is 1.89 bits per heavy atom. The third kappa shape index (κ3) is 4.13. The number of benzene rings is 1. The van der Waals surface area contributed by atoms with Gasteiger partial charge in [0.1, 0.15) is 0 Å². The maximum atomic E-state index is 12.5. The van der Waals surface area contributed by atoms with E-state index in [-0.39, 0.29) is 12.8 Å². The fraction of sp³-hybridized carbons (Fsp3) is 0.571. The zero-order valence-electron chi connectivity index (χ0n) is 10.8. The van der Waals surface area contributed by atoms with E-state index in [0.29, 0.717) is 13.1 Å². The second-order valence-corrected chi connectivity index (χ2v) is 5.15. The molecule has 106 valence electrons. The molecule has 0 aliphatic carbocycles. The summed E-state index contributed by atoms with van der Waals surface area (Å²) < 4.78 is 37.6. The van der Waals surface area contributed by atoms with Crippen molar-refractivity contribution in [2.75, 3.05) is 25.4 Å². The maximum Gasteiger partial charge on any atom is 0.391 e. The molecule has 0 saturated carbocycles. The van der Waals surface area contributed by atoms with Crippen molar-refractivity contribution >= 4 is 5.69 Å². The van der Waals surface area contributed by atoms with Crippen LogP contribution in [0.25, 0.3) is 0 Å². The number of nitrogens with zero attached hydrogens (tertiary/aromatic N) is 1. The van der Waals surface area contributed by atoms with E-state index in [4.69, 9.17) is 5.73 Å². The average molecular weight is 272 g/mol. The third-order valence-electron chi connectivity index (χ3n) is 3.72. The van der Waals surface area contributed by atoms with E-state index in [2.05, 4.69) is 4.90 Å². The molecule has 2 rings (SSSR count). The Labute approximate surface area is 111 Å². The van der Waals surface area contributed by atoms with Crippen LogP contribution in [0.1, 0.15) is 18.4 Å². The lowest BCUT2D eigenvalue weighted by Crippen LogP contribution is -2.39. The van der Waals surface area contributed by atoms with Crippen molar-refractivity contribution in [3.05, 3.63) is 29.8 Å². The van der Waals surface area contributed by atoms with Crippen LogP contribution in [-0.4, -0.2) is 30.7 Å². The quantitative estimate of drug-likeness (QED) is 0.857. The Morgan fingerprint density at radius 3 is 2.47 bits per heavy atom. The second kappa shape index (κ2) is 5.82. The first-order valence-corrected chi connectivity index (χ1v) is 6.58. The molecule has 1 aromatic rings. The van der Waals surface area contributed by atoms with E-state index in [9.17, 15) is 13.2 Å². The maximum absolute atomic E-state index is 12.5. The van der Waals surface area contributed by atoms with Gasteiger partial charge in [-0.2, -0.15) is 13.2 Å². The third-order valence-corrected chi connectivity index (χ3v) is 3.72. The summed E-state index contributed by atoms with van der Waals surface area (Å²) in [7, 11) is 0. The van der Waals surface area contributed by atoms with Gasteiger partial charge in [-0.05, 0) is 50.0 Å². The molecule has 0 radical (unpaired) electrons. The van der Waals surface area contributed by atoms with Crippen LogP contribution in [0, 0.1) is 5.92 Å². The van der Waals surface area contributed by atoms with Crippen LogP contribution in [0.15, 0.2) is 24.3 Å². The first kappa shape index (κ1) is 14.2. The van der Waals surface area contributed by atoms with Crippen molar-refractivity contribution < 1.29 is 13.2 Å². The minimum Gasteiger partial charge on any atom is -0.399 e. The first-order chi connectivity index (χ1) is 8.95. The Morgan fingerprint density at radius 1 is 1.21 bits per heavy atom. The molecular weight excluding hydrogens is 253 g/mol. The van der Waals surface area contributed by atoms with Crippen LogP contribution in [0.4, 0.5) is 18.9 Å². The zero-order valence-corrected chi connectivity index (χ0v) is 10.8. The van der Waals surface area contributed by atoms with Crippen LogP contribution in [0.5, 0.6) is 0 Å². The number of alkyl halides is 3. The monoisotopic (exact) mass is 272 g/mol. The van der Waals surface area contributed by atoms with Gasteiger partial charge in [0.25, 0.3) is 0 Å². The van der Waals surface area contributed by atoms with E-state index in [1.807, 2.05) is 24.3 Å². The number of nitrogens with two attached hydrogens (primary N) is 1. The zero-order chi connectivity index (χ0) is 13.9. The molecule has 0 spiro atoms. The molecule has 1 aliphatic rings. The largest absolute Gasteiger partial charge is 0.399 e. The van der Waals surface area contributed by atoms with Crippen LogP contribution in [0.2, 0.25) is 0 Å². The van der Waals surface area contributed by atoms with Gasteiger partial charge in [-0.15, -0.1) is 0 Å². The highest BCUT2D eigenvalue weighted by Gasteiger charge is 2.40. The van der Waals surface area contributed by atoms with Crippen molar-refractivity contribution in [3.8, 4) is 0 Å². The summed E-state index contributed by atoms with van der Waals surface area (Å²) in [5.41, 5.74) is 7.56. The molecule has 1 aromatic carbocycles. The summed E-state index contributed by atoms with van der Waals surface area (Å²) in [6.45, 7) is 1.87. The van der Waals surface area contributed by atoms with E-state index in [1.165, 1.54) is 0 Å². The SMILES string of the molecule is Nc1cccc(CCN2CCC(C(F)(F)F)CC2)c1. The molecule has 2 nitrogen and oxygen atoms in total. The molecule has 0 atom stereocenters. The number of piperidine rings is 1. The Balaban J connectivity index is 1.77. The molecule has 5 heteroatoms. The highest BCUT2D eigenvalue weighted by atomic mass is 19.4. The smallest absolute Gasteiger partial charge is 0.391 e. The van der Waals surface area contributed by atoms with Crippen LogP contribution in [0.3, 0.4) is 0 Å². The molecule has 1 heterocycles. The number of rotatable bonds is 3. The Bertz CT molecular complexity index is 409. The van der Waals surface area contributed by atoms with Crippen molar-refractivity contribution in [2.24, 2.45) is 5.92 Å². The lowest BCUT2D eigenvalue weighted by atomic mass is 9.96. The average Bonchev–Trinajstić information content (AvgIpc) is 2.36. The molecule has 2 N–H and O–H groups in total. The molecular formula is C14H19F3N2. The summed E-state index contributed by atoms with van der Waals surface area (Å²) >= 11 is 0. The van der Waals surface area contributed by atoms with E-state index in [0.717, 1.165) is 24.2 Å². The molecule has 19 heavy (non-hydrogen) atoms. The molecule has 0 bridgehead atoms. The molecule has 0 aromatic heterocycles. The van der Waals surface area contributed by atoms with E-state index < -0.39 is 12.1 Å². The van der Waals surface area contributed by atoms with Gasteiger partial charge in [0.2, 0.25) is 0 Å². The number of likely N-dealkylation sites (tertiary alicyclic amines) is 1. The molecule has 1 saturated heterocycles. The van der Waals surface area contributed by atoms with Crippen molar-refractivity contribution in [1.29, 1.82) is 0 Å². The van der Waals surface area contributed by atoms with Crippen molar-refractivity contribution in [1.82, 2.24) is 4.90 Å². The van der Waals surface area contributed by atoms with Gasteiger partial charge in [-0.3, -0.25) is 0 Å². The molecule has 0 unspecified atom stereocenters. The number of hydrogen-bond donors (Lipinski definition) is 1. The van der Waals surface area contributed by atoms with Gasteiger partial charge >= 0.3 is 6.18 Å². The number of hydrogen-bond acceptors (Lipinski definition) is 2. The standard InChI is InChI=1S/C14H19F3N2/c15-14(16,17)12-5-8-19(9-6-12)7-4-11-2-1-3-13(18)10-11/h1-3,10,12H,4-9,18H2. The fourth-order valence-electron chi connectivity index (χ4n) is 2.52. The van der Waals surface area contributed by atoms with E-state index in [1.54, 1.807) is 0 Å². The molecule has 0 amide bonds. The number of anilines is 1. The lowest BCUT2D eigenvalue weighted by Gasteiger charge is -2.32. The van der Waals surface area contributed by atoms with Crippen LogP contribution in [-0.2, 0) is 6.42 Å². The second-order valence-electron chi connectivity index (χ2n) is 5.15. The van der Waals surface area contributed by atoms with Gasteiger partial charge in [0.05, 0.1) is 5.92 Å². The lowest BCUT2D eigenvalue weighted by molar-refractivity contribution is -0.185. The first-order valence-electron chi connectivity index (χ1n) is 6.58. The van der Waals surface area contributed by atoms with Crippen LogP contribution >= 0.6 is 0 Å².